The second-order valence-electron chi connectivity index (χ2n) is 6.77. The molecule has 0 spiro atoms. The third kappa shape index (κ3) is 7.12. The highest BCUT2D eigenvalue weighted by molar-refractivity contribution is 7.89. The van der Waals surface area contributed by atoms with Gasteiger partial charge in [-0.3, -0.25) is 4.99 Å². The molecule has 1 aromatic rings. The maximum atomic E-state index is 12.5. The summed E-state index contributed by atoms with van der Waals surface area (Å²) in [5.74, 6) is 1.08. The molecule has 0 bridgehead atoms. The van der Waals surface area contributed by atoms with Gasteiger partial charge < -0.3 is 15.4 Å². The predicted molar refractivity (Wildman–Crippen MR) is 110 cm³/mol. The van der Waals surface area contributed by atoms with E-state index in [1.807, 2.05) is 13.0 Å². The van der Waals surface area contributed by atoms with Gasteiger partial charge in [-0.1, -0.05) is 32.0 Å². The van der Waals surface area contributed by atoms with Crippen molar-refractivity contribution in [1.29, 1.82) is 0 Å². The van der Waals surface area contributed by atoms with Gasteiger partial charge in [0, 0.05) is 40.8 Å². The molecule has 154 valence electrons. The van der Waals surface area contributed by atoms with Crippen molar-refractivity contribution in [2.24, 2.45) is 10.9 Å². The highest BCUT2D eigenvalue weighted by atomic mass is 32.2. The zero-order valence-corrected chi connectivity index (χ0v) is 18.1. The second-order valence-corrected chi connectivity index (χ2v) is 8.89. The topological polar surface area (TPSA) is 83.0 Å². The quantitative estimate of drug-likeness (QED) is 0.466. The van der Waals surface area contributed by atoms with Crippen LogP contribution in [0.3, 0.4) is 0 Å². The van der Waals surface area contributed by atoms with Crippen LogP contribution in [0.4, 0.5) is 0 Å². The monoisotopic (exact) mass is 398 g/mol. The van der Waals surface area contributed by atoms with E-state index in [0.717, 1.165) is 13.0 Å². The normalized spacial score (nSPS) is 13.9. The van der Waals surface area contributed by atoms with Crippen molar-refractivity contribution in [1.82, 2.24) is 14.9 Å². The Bertz CT molecular complexity index is 703. The van der Waals surface area contributed by atoms with Gasteiger partial charge in [0.2, 0.25) is 10.0 Å². The van der Waals surface area contributed by atoms with E-state index in [1.54, 1.807) is 25.2 Å². The van der Waals surface area contributed by atoms with Crippen LogP contribution in [0.2, 0.25) is 0 Å². The van der Waals surface area contributed by atoms with Crippen LogP contribution in [-0.4, -0.2) is 59.1 Å². The van der Waals surface area contributed by atoms with E-state index >= 15 is 0 Å². The van der Waals surface area contributed by atoms with Crippen molar-refractivity contribution in [3.8, 4) is 0 Å². The highest BCUT2D eigenvalue weighted by Gasteiger charge is 2.20. The zero-order valence-electron chi connectivity index (χ0n) is 17.3. The molecule has 0 saturated carbocycles. The summed E-state index contributed by atoms with van der Waals surface area (Å²) in [6, 6.07) is 6.99. The van der Waals surface area contributed by atoms with Crippen LogP contribution in [-0.2, 0) is 21.3 Å². The SMILES string of the molecule is CCOC(CCNC(=NC)NCc1ccccc1S(=O)(=O)N(C)C)C(C)C. The number of hydrogen-bond acceptors (Lipinski definition) is 4. The van der Waals surface area contributed by atoms with Crippen LogP contribution in [0, 0.1) is 5.92 Å². The molecule has 1 atom stereocenters. The summed E-state index contributed by atoms with van der Waals surface area (Å²) in [6.07, 6.45) is 1.07. The molecule has 1 rings (SSSR count). The summed E-state index contributed by atoms with van der Waals surface area (Å²) < 4.78 is 31.9. The molecule has 1 unspecified atom stereocenters. The fraction of sp³-hybridized carbons (Fsp3) is 0.632. The molecule has 8 heteroatoms. The van der Waals surface area contributed by atoms with E-state index in [9.17, 15) is 8.42 Å². The summed E-state index contributed by atoms with van der Waals surface area (Å²) in [4.78, 5) is 4.51. The molecular formula is C19H34N4O3S. The van der Waals surface area contributed by atoms with Gasteiger partial charge in [0.25, 0.3) is 0 Å². The van der Waals surface area contributed by atoms with Gasteiger partial charge in [0.1, 0.15) is 0 Å². The van der Waals surface area contributed by atoms with Crippen molar-refractivity contribution < 1.29 is 13.2 Å². The van der Waals surface area contributed by atoms with Gasteiger partial charge in [-0.25, -0.2) is 12.7 Å². The summed E-state index contributed by atoms with van der Waals surface area (Å²) >= 11 is 0. The molecule has 0 radical (unpaired) electrons. The van der Waals surface area contributed by atoms with Gasteiger partial charge in [0.15, 0.2) is 5.96 Å². The van der Waals surface area contributed by atoms with Crippen LogP contribution < -0.4 is 10.6 Å². The van der Waals surface area contributed by atoms with Crippen LogP contribution in [0.1, 0.15) is 32.8 Å². The Hall–Kier alpha value is -1.64. The minimum absolute atomic E-state index is 0.201. The number of nitrogens with zero attached hydrogens (tertiary/aromatic N) is 2. The Labute approximate surface area is 164 Å². The number of aliphatic imine (C=N–C) groups is 1. The van der Waals surface area contributed by atoms with Crippen molar-refractivity contribution in [3.63, 3.8) is 0 Å². The fourth-order valence-corrected chi connectivity index (χ4v) is 3.77. The van der Waals surface area contributed by atoms with Crippen molar-refractivity contribution >= 4 is 16.0 Å². The van der Waals surface area contributed by atoms with E-state index in [1.165, 1.54) is 18.4 Å². The molecule has 0 aliphatic carbocycles. The summed E-state index contributed by atoms with van der Waals surface area (Å²) in [6.45, 7) is 8.09. The lowest BCUT2D eigenvalue weighted by atomic mass is 10.0. The van der Waals surface area contributed by atoms with E-state index in [-0.39, 0.29) is 6.10 Å². The van der Waals surface area contributed by atoms with Gasteiger partial charge in [-0.2, -0.15) is 0 Å². The average Bonchev–Trinajstić information content (AvgIpc) is 2.63. The Kier molecular flexibility index (Phi) is 9.76. The Morgan fingerprint density at radius 1 is 1.22 bits per heavy atom. The summed E-state index contributed by atoms with van der Waals surface area (Å²) in [5, 5.41) is 6.45. The first-order valence-corrected chi connectivity index (χ1v) is 10.7. The molecule has 0 fully saturated rings. The van der Waals surface area contributed by atoms with Crippen LogP contribution in [0.15, 0.2) is 34.2 Å². The number of rotatable bonds is 10. The zero-order chi connectivity index (χ0) is 20.4. The molecular weight excluding hydrogens is 364 g/mol. The van der Waals surface area contributed by atoms with E-state index < -0.39 is 10.0 Å². The third-order valence-corrected chi connectivity index (χ3v) is 6.16. The summed E-state index contributed by atoms with van der Waals surface area (Å²) in [5.41, 5.74) is 0.698. The molecule has 1 aromatic carbocycles. The largest absolute Gasteiger partial charge is 0.378 e. The van der Waals surface area contributed by atoms with Gasteiger partial charge in [-0.15, -0.1) is 0 Å². The number of ether oxygens (including phenoxy) is 1. The predicted octanol–water partition coefficient (Wildman–Crippen LogP) is 2.05. The Balaban J connectivity index is 2.69. The van der Waals surface area contributed by atoms with Crippen molar-refractivity contribution in [2.45, 2.75) is 44.7 Å². The van der Waals surface area contributed by atoms with E-state index in [4.69, 9.17) is 4.74 Å². The molecule has 0 aliphatic heterocycles. The molecule has 0 saturated heterocycles. The average molecular weight is 399 g/mol. The molecule has 0 heterocycles. The lowest BCUT2D eigenvalue weighted by Gasteiger charge is -2.21. The standard InChI is InChI=1S/C19H34N4O3S/c1-7-26-17(15(2)3)12-13-21-19(20-4)22-14-16-10-8-9-11-18(16)27(24,25)23(5)6/h8-11,15,17H,7,12-14H2,1-6H3,(H2,20,21,22). The minimum Gasteiger partial charge on any atom is -0.378 e. The number of nitrogens with one attached hydrogen (secondary N) is 2. The lowest BCUT2D eigenvalue weighted by Crippen LogP contribution is -2.39. The minimum atomic E-state index is -3.49. The summed E-state index contributed by atoms with van der Waals surface area (Å²) in [7, 11) is 1.27. The van der Waals surface area contributed by atoms with Crippen molar-refractivity contribution in [3.05, 3.63) is 29.8 Å². The molecule has 27 heavy (non-hydrogen) atoms. The first-order chi connectivity index (χ1) is 12.7. The molecule has 0 amide bonds. The number of hydrogen-bond donors (Lipinski definition) is 2. The number of sulfonamides is 1. The molecule has 7 nitrogen and oxygen atoms in total. The lowest BCUT2D eigenvalue weighted by molar-refractivity contribution is 0.0258. The molecule has 0 aromatic heterocycles. The maximum absolute atomic E-state index is 12.5. The Morgan fingerprint density at radius 2 is 1.89 bits per heavy atom. The van der Waals surface area contributed by atoms with Crippen LogP contribution in [0.25, 0.3) is 0 Å². The van der Waals surface area contributed by atoms with Crippen LogP contribution >= 0.6 is 0 Å². The van der Waals surface area contributed by atoms with Crippen LogP contribution in [0.5, 0.6) is 0 Å². The highest BCUT2D eigenvalue weighted by Crippen LogP contribution is 2.18. The first kappa shape index (κ1) is 23.4. The van der Waals surface area contributed by atoms with Crippen molar-refractivity contribution in [2.75, 3.05) is 34.3 Å². The number of guanidine groups is 1. The maximum Gasteiger partial charge on any atom is 0.242 e. The molecule has 0 aliphatic rings. The van der Waals surface area contributed by atoms with Gasteiger partial charge in [-0.05, 0) is 30.9 Å². The smallest absolute Gasteiger partial charge is 0.242 e. The first-order valence-electron chi connectivity index (χ1n) is 9.30. The Morgan fingerprint density at radius 3 is 2.44 bits per heavy atom. The van der Waals surface area contributed by atoms with E-state index in [2.05, 4.69) is 29.5 Å². The fourth-order valence-electron chi connectivity index (χ4n) is 2.65. The third-order valence-electron chi connectivity index (χ3n) is 4.25. The van der Waals surface area contributed by atoms with E-state index in [0.29, 0.717) is 35.5 Å². The number of benzene rings is 1. The molecule has 2 N–H and O–H groups in total. The van der Waals surface area contributed by atoms with Gasteiger partial charge in [0.05, 0.1) is 11.0 Å². The van der Waals surface area contributed by atoms with Gasteiger partial charge >= 0.3 is 0 Å². The second kappa shape index (κ2) is 11.3.